The second-order valence-electron chi connectivity index (χ2n) is 5.10. The molecule has 1 aromatic heterocycles. The number of anilines is 1. The minimum atomic E-state index is -4.45. The Morgan fingerprint density at radius 1 is 1.19 bits per heavy atom. The van der Waals surface area contributed by atoms with Crippen LogP contribution in [0.15, 0.2) is 36.5 Å². The number of hydrogen-bond donors (Lipinski definition) is 0. The van der Waals surface area contributed by atoms with E-state index in [1.807, 2.05) is 18.2 Å². The lowest BCUT2D eigenvalue weighted by molar-refractivity contribution is -0.141. The average molecular weight is 293 g/mol. The lowest BCUT2D eigenvalue weighted by atomic mass is 10.1. The van der Waals surface area contributed by atoms with Crippen molar-refractivity contribution in [2.45, 2.75) is 25.1 Å². The summed E-state index contributed by atoms with van der Waals surface area (Å²) in [5.41, 5.74) is 1.47. The largest absolute Gasteiger partial charge is 0.433 e. The topological polar surface area (TPSA) is 29.0 Å². The molecule has 0 aliphatic heterocycles. The van der Waals surface area contributed by atoms with E-state index >= 15 is 0 Å². The van der Waals surface area contributed by atoms with Gasteiger partial charge < -0.3 is 4.90 Å². The Labute approximate surface area is 120 Å². The molecule has 0 amide bonds. The third kappa shape index (κ3) is 2.57. The maximum Gasteiger partial charge on any atom is 0.433 e. The molecule has 0 saturated heterocycles. The van der Waals surface area contributed by atoms with Crippen molar-refractivity contribution < 1.29 is 13.2 Å². The zero-order valence-corrected chi connectivity index (χ0v) is 11.4. The van der Waals surface area contributed by atoms with Crippen molar-refractivity contribution in [2.75, 3.05) is 11.9 Å². The molecule has 3 nitrogen and oxygen atoms in total. The van der Waals surface area contributed by atoms with E-state index in [1.165, 1.54) is 5.56 Å². The molecule has 1 aromatic carbocycles. The number of halogens is 3. The Kier molecular flexibility index (Phi) is 3.31. The Morgan fingerprint density at radius 3 is 2.71 bits per heavy atom. The van der Waals surface area contributed by atoms with Crippen LogP contribution in [-0.4, -0.2) is 17.0 Å². The van der Waals surface area contributed by atoms with Gasteiger partial charge in [-0.3, -0.25) is 0 Å². The first-order valence-corrected chi connectivity index (χ1v) is 6.67. The molecule has 0 N–H and O–H groups in total. The summed E-state index contributed by atoms with van der Waals surface area (Å²) < 4.78 is 38.2. The molecular formula is C15H14F3N3. The number of rotatable bonds is 2. The van der Waals surface area contributed by atoms with Gasteiger partial charge in [0.05, 0.1) is 6.04 Å². The molecule has 1 unspecified atom stereocenters. The highest BCUT2D eigenvalue weighted by Crippen LogP contribution is 2.36. The third-order valence-electron chi connectivity index (χ3n) is 3.82. The van der Waals surface area contributed by atoms with Crippen molar-refractivity contribution in [3.05, 3.63) is 53.3 Å². The molecule has 1 aliphatic carbocycles. The molecule has 1 heterocycles. The van der Waals surface area contributed by atoms with E-state index in [2.05, 4.69) is 16.0 Å². The molecule has 110 valence electrons. The Bertz CT molecular complexity index is 655. The predicted octanol–water partition coefficient (Wildman–Crippen LogP) is 3.62. The highest BCUT2D eigenvalue weighted by molar-refractivity contribution is 5.42. The summed E-state index contributed by atoms with van der Waals surface area (Å²) in [6, 6.07) is 8.89. The smallest absolute Gasteiger partial charge is 0.337 e. The number of fused-ring (bicyclic) bond motifs is 1. The minimum absolute atomic E-state index is 0.0182. The number of aromatic nitrogens is 2. The molecular weight excluding hydrogens is 279 g/mol. The molecule has 21 heavy (non-hydrogen) atoms. The first-order valence-electron chi connectivity index (χ1n) is 6.67. The third-order valence-corrected chi connectivity index (χ3v) is 3.82. The minimum Gasteiger partial charge on any atom is -0.337 e. The van der Waals surface area contributed by atoms with Crippen molar-refractivity contribution in [3.63, 3.8) is 0 Å². The normalized spacial score (nSPS) is 17.6. The maximum absolute atomic E-state index is 12.7. The first-order chi connectivity index (χ1) is 9.97. The number of benzene rings is 1. The standard InChI is InChI=1S/C15H14F3N3/c1-21(12-7-6-10-4-2-3-5-11(10)12)14-19-9-8-13(20-14)15(16,17)18/h2-5,8-9,12H,6-7H2,1H3. The van der Waals surface area contributed by atoms with Crippen molar-refractivity contribution in [1.29, 1.82) is 0 Å². The second kappa shape index (κ2) is 5.02. The molecule has 0 bridgehead atoms. The van der Waals surface area contributed by atoms with E-state index in [4.69, 9.17) is 0 Å². The highest BCUT2D eigenvalue weighted by atomic mass is 19.4. The number of alkyl halides is 3. The molecule has 6 heteroatoms. The van der Waals surface area contributed by atoms with E-state index < -0.39 is 11.9 Å². The van der Waals surface area contributed by atoms with Gasteiger partial charge in [0, 0.05) is 13.2 Å². The summed E-state index contributed by atoms with van der Waals surface area (Å²) in [6.07, 6.45) is -1.52. The van der Waals surface area contributed by atoms with E-state index in [9.17, 15) is 13.2 Å². The fraction of sp³-hybridized carbons (Fsp3) is 0.333. The van der Waals surface area contributed by atoms with E-state index in [1.54, 1.807) is 11.9 Å². The zero-order valence-electron chi connectivity index (χ0n) is 11.4. The van der Waals surface area contributed by atoms with Crippen LogP contribution in [-0.2, 0) is 12.6 Å². The molecule has 0 fully saturated rings. The van der Waals surface area contributed by atoms with E-state index in [-0.39, 0.29) is 12.0 Å². The Morgan fingerprint density at radius 2 is 1.95 bits per heavy atom. The summed E-state index contributed by atoms with van der Waals surface area (Å²) >= 11 is 0. The molecule has 1 aliphatic rings. The van der Waals surface area contributed by atoms with E-state index in [0.717, 1.165) is 30.7 Å². The van der Waals surface area contributed by atoms with Crippen LogP contribution in [0.3, 0.4) is 0 Å². The van der Waals surface area contributed by atoms with Crippen LogP contribution in [0.25, 0.3) is 0 Å². The van der Waals surface area contributed by atoms with Gasteiger partial charge in [0.15, 0.2) is 0 Å². The quantitative estimate of drug-likeness (QED) is 0.847. The average Bonchev–Trinajstić information content (AvgIpc) is 2.90. The Balaban J connectivity index is 1.92. The van der Waals surface area contributed by atoms with Crippen LogP contribution in [0, 0.1) is 0 Å². The molecule has 0 radical (unpaired) electrons. The van der Waals surface area contributed by atoms with Gasteiger partial charge in [-0.25, -0.2) is 9.97 Å². The van der Waals surface area contributed by atoms with Gasteiger partial charge in [-0.05, 0) is 30.0 Å². The van der Waals surface area contributed by atoms with Gasteiger partial charge in [0.25, 0.3) is 0 Å². The number of hydrogen-bond acceptors (Lipinski definition) is 3. The van der Waals surface area contributed by atoms with Gasteiger partial charge in [-0.1, -0.05) is 24.3 Å². The van der Waals surface area contributed by atoms with E-state index in [0.29, 0.717) is 0 Å². The fourth-order valence-corrected chi connectivity index (χ4v) is 2.75. The highest BCUT2D eigenvalue weighted by Gasteiger charge is 2.34. The van der Waals surface area contributed by atoms with Gasteiger partial charge in [0.1, 0.15) is 5.69 Å². The van der Waals surface area contributed by atoms with Crippen LogP contribution >= 0.6 is 0 Å². The molecule has 0 spiro atoms. The zero-order chi connectivity index (χ0) is 15.0. The fourth-order valence-electron chi connectivity index (χ4n) is 2.75. The first kappa shape index (κ1) is 13.9. The lowest BCUT2D eigenvalue weighted by Gasteiger charge is -2.25. The Hall–Kier alpha value is -2.11. The van der Waals surface area contributed by atoms with Gasteiger partial charge in [-0.15, -0.1) is 0 Å². The van der Waals surface area contributed by atoms with Crippen molar-refractivity contribution in [1.82, 2.24) is 9.97 Å². The van der Waals surface area contributed by atoms with Gasteiger partial charge in [-0.2, -0.15) is 13.2 Å². The van der Waals surface area contributed by atoms with Crippen LogP contribution in [0.5, 0.6) is 0 Å². The second-order valence-corrected chi connectivity index (χ2v) is 5.10. The van der Waals surface area contributed by atoms with Crippen LogP contribution in [0.4, 0.5) is 19.1 Å². The summed E-state index contributed by atoms with van der Waals surface area (Å²) in [4.78, 5) is 9.36. The monoisotopic (exact) mass is 293 g/mol. The van der Waals surface area contributed by atoms with Crippen molar-refractivity contribution >= 4 is 5.95 Å². The molecule has 3 rings (SSSR count). The molecule has 2 aromatic rings. The van der Waals surface area contributed by atoms with Crippen LogP contribution < -0.4 is 4.90 Å². The van der Waals surface area contributed by atoms with Crippen molar-refractivity contribution in [2.24, 2.45) is 0 Å². The SMILES string of the molecule is CN(c1nccc(C(F)(F)F)n1)C1CCc2ccccc21. The summed E-state index contributed by atoms with van der Waals surface area (Å²) in [5.74, 6) is 0.103. The van der Waals surface area contributed by atoms with Gasteiger partial charge >= 0.3 is 6.18 Å². The van der Waals surface area contributed by atoms with Crippen molar-refractivity contribution in [3.8, 4) is 0 Å². The number of aryl methyl sites for hydroxylation is 1. The summed E-state index contributed by atoms with van der Waals surface area (Å²) in [5, 5.41) is 0. The lowest BCUT2D eigenvalue weighted by Crippen LogP contribution is -2.25. The maximum atomic E-state index is 12.7. The van der Waals surface area contributed by atoms with Crippen LogP contribution in [0.2, 0.25) is 0 Å². The summed E-state index contributed by atoms with van der Waals surface area (Å²) in [7, 11) is 1.74. The molecule has 0 saturated carbocycles. The summed E-state index contributed by atoms with van der Waals surface area (Å²) in [6.45, 7) is 0. The molecule has 1 atom stereocenters. The van der Waals surface area contributed by atoms with Crippen LogP contribution in [0.1, 0.15) is 29.3 Å². The number of nitrogens with zero attached hydrogens (tertiary/aromatic N) is 3. The van der Waals surface area contributed by atoms with Gasteiger partial charge in [0.2, 0.25) is 5.95 Å². The predicted molar refractivity (Wildman–Crippen MR) is 72.9 cm³/mol.